The van der Waals surface area contributed by atoms with Crippen molar-refractivity contribution in [3.05, 3.63) is 77.5 Å². The lowest BCUT2D eigenvalue weighted by molar-refractivity contribution is -0.137. The van der Waals surface area contributed by atoms with Crippen molar-refractivity contribution in [2.45, 2.75) is 6.92 Å². The predicted octanol–water partition coefficient (Wildman–Crippen LogP) is 4.77. The van der Waals surface area contributed by atoms with Gasteiger partial charge in [0, 0.05) is 28.4 Å². The maximum absolute atomic E-state index is 11.6. The lowest BCUT2D eigenvalue weighted by Gasteiger charge is -2.00. The number of aromatic nitrogens is 2. The third-order valence-corrected chi connectivity index (χ3v) is 3.82. The number of rotatable bonds is 5. The van der Waals surface area contributed by atoms with Crippen LogP contribution in [0.1, 0.15) is 12.5 Å². The SMILES string of the molecule is CCOC(=O)/C=C/c1cn(-c2ccccc2)nc1-c1ccc(Cl)cc1. The summed E-state index contributed by atoms with van der Waals surface area (Å²) in [6.45, 7) is 2.12. The third-order valence-electron chi connectivity index (χ3n) is 3.57. The first-order valence-electron chi connectivity index (χ1n) is 7.93. The molecule has 0 atom stereocenters. The van der Waals surface area contributed by atoms with Crippen LogP contribution in [-0.4, -0.2) is 22.4 Å². The summed E-state index contributed by atoms with van der Waals surface area (Å²) in [5.74, 6) is -0.378. The molecular weight excluding hydrogens is 336 g/mol. The molecule has 4 nitrogen and oxygen atoms in total. The van der Waals surface area contributed by atoms with Gasteiger partial charge >= 0.3 is 5.97 Å². The van der Waals surface area contributed by atoms with E-state index in [4.69, 9.17) is 16.3 Å². The second-order valence-electron chi connectivity index (χ2n) is 5.31. The molecule has 0 fully saturated rings. The molecule has 0 aliphatic rings. The lowest BCUT2D eigenvalue weighted by atomic mass is 10.1. The fraction of sp³-hybridized carbons (Fsp3) is 0.100. The standard InChI is InChI=1S/C20H17ClN2O2/c1-2-25-19(24)13-10-16-14-23(18-6-4-3-5-7-18)22-20(16)15-8-11-17(21)12-9-15/h3-14H,2H2,1H3/b13-10+. The molecule has 5 heteroatoms. The van der Waals surface area contributed by atoms with Gasteiger partial charge in [-0.15, -0.1) is 0 Å². The van der Waals surface area contributed by atoms with Gasteiger partial charge in [0.25, 0.3) is 0 Å². The molecule has 0 aliphatic carbocycles. The van der Waals surface area contributed by atoms with E-state index in [-0.39, 0.29) is 5.97 Å². The van der Waals surface area contributed by atoms with E-state index in [1.165, 1.54) is 6.08 Å². The summed E-state index contributed by atoms with van der Waals surface area (Å²) in [7, 11) is 0. The Morgan fingerprint density at radius 3 is 2.56 bits per heavy atom. The zero-order valence-electron chi connectivity index (χ0n) is 13.7. The number of benzene rings is 2. The Kier molecular flexibility index (Phi) is 5.31. The Balaban J connectivity index is 2.03. The highest BCUT2D eigenvalue weighted by atomic mass is 35.5. The van der Waals surface area contributed by atoms with E-state index in [0.29, 0.717) is 11.6 Å². The Morgan fingerprint density at radius 2 is 1.88 bits per heavy atom. The topological polar surface area (TPSA) is 44.1 Å². The second-order valence-corrected chi connectivity index (χ2v) is 5.74. The maximum atomic E-state index is 11.6. The number of hydrogen-bond donors (Lipinski definition) is 0. The van der Waals surface area contributed by atoms with Gasteiger partial charge in [-0.2, -0.15) is 5.10 Å². The number of halogens is 1. The molecule has 0 spiro atoms. The van der Waals surface area contributed by atoms with Crippen molar-refractivity contribution in [2.75, 3.05) is 6.61 Å². The first-order chi connectivity index (χ1) is 12.2. The van der Waals surface area contributed by atoms with Crippen LogP contribution in [-0.2, 0) is 9.53 Å². The van der Waals surface area contributed by atoms with Gasteiger partial charge in [-0.3, -0.25) is 0 Å². The summed E-state index contributed by atoms with van der Waals surface area (Å²) in [4.78, 5) is 11.6. The molecule has 25 heavy (non-hydrogen) atoms. The first kappa shape index (κ1) is 17.0. The quantitative estimate of drug-likeness (QED) is 0.490. The van der Waals surface area contributed by atoms with Crippen LogP contribution in [0.2, 0.25) is 5.02 Å². The molecule has 0 radical (unpaired) electrons. The van der Waals surface area contributed by atoms with E-state index in [1.807, 2.05) is 60.8 Å². The van der Waals surface area contributed by atoms with Gasteiger partial charge in [0.2, 0.25) is 0 Å². The van der Waals surface area contributed by atoms with Gasteiger partial charge < -0.3 is 4.74 Å². The largest absolute Gasteiger partial charge is 0.463 e. The van der Waals surface area contributed by atoms with E-state index >= 15 is 0 Å². The van der Waals surface area contributed by atoms with Gasteiger partial charge in [-0.1, -0.05) is 41.9 Å². The summed E-state index contributed by atoms with van der Waals surface area (Å²) >= 11 is 5.98. The summed E-state index contributed by atoms with van der Waals surface area (Å²) in [5.41, 5.74) is 3.44. The van der Waals surface area contributed by atoms with E-state index in [1.54, 1.807) is 17.7 Å². The molecule has 1 heterocycles. The van der Waals surface area contributed by atoms with E-state index in [9.17, 15) is 4.79 Å². The minimum Gasteiger partial charge on any atom is -0.463 e. The van der Waals surface area contributed by atoms with Crippen LogP contribution in [0.5, 0.6) is 0 Å². The summed E-state index contributed by atoms with van der Waals surface area (Å²) < 4.78 is 6.73. The van der Waals surface area contributed by atoms with Crippen molar-refractivity contribution >= 4 is 23.6 Å². The van der Waals surface area contributed by atoms with E-state index in [2.05, 4.69) is 5.10 Å². The van der Waals surface area contributed by atoms with Crippen molar-refractivity contribution < 1.29 is 9.53 Å². The average molecular weight is 353 g/mol. The van der Waals surface area contributed by atoms with Crippen LogP contribution in [0, 0.1) is 0 Å². The van der Waals surface area contributed by atoms with Crippen LogP contribution in [0.3, 0.4) is 0 Å². The molecule has 126 valence electrons. The number of hydrogen-bond acceptors (Lipinski definition) is 3. The number of carbonyl (C=O) groups excluding carboxylic acids is 1. The number of para-hydroxylation sites is 1. The highest BCUT2D eigenvalue weighted by molar-refractivity contribution is 6.30. The first-order valence-corrected chi connectivity index (χ1v) is 8.31. The molecule has 2 aromatic carbocycles. The molecule has 0 unspecified atom stereocenters. The fourth-order valence-corrected chi connectivity index (χ4v) is 2.53. The zero-order chi connectivity index (χ0) is 17.6. The van der Waals surface area contributed by atoms with Gasteiger partial charge in [0.1, 0.15) is 0 Å². The van der Waals surface area contributed by atoms with Crippen molar-refractivity contribution in [2.24, 2.45) is 0 Å². The fourth-order valence-electron chi connectivity index (χ4n) is 2.40. The highest BCUT2D eigenvalue weighted by Gasteiger charge is 2.11. The Hall–Kier alpha value is -2.85. The summed E-state index contributed by atoms with van der Waals surface area (Å²) in [5, 5.41) is 5.34. The third kappa shape index (κ3) is 4.17. The van der Waals surface area contributed by atoms with Crippen LogP contribution in [0.25, 0.3) is 23.0 Å². The molecule has 0 bridgehead atoms. The van der Waals surface area contributed by atoms with Crippen LogP contribution in [0.4, 0.5) is 0 Å². The maximum Gasteiger partial charge on any atom is 0.330 e. The van der Waals surface area contributed by atoms with Crippen LogP contribution < -0.4 is 0 Å². The van der Waals surface area contributed by atoms with Gasteiger partial charge in [0.15, 0.2) is 0 Å². The van der Waals surface area contributed by atoms with Crippen molar-refractivity contribution in [3.63, 3.8) is 0 Å². The Bertz CT molecular complexity index is 884. The highest BCUT2D eigenvalue weighted by Crippen LogP contribution is 2.26. The molecule has 3 aromatic rings. The Labute approximate surface area is 151 Å². The number of ether oxygens (including phenoxy) is 1. The summed E-state index contributed by atoms with van der Waals surface area (Å²) in [6.07, 6.45) is 5.01. The van der Waals surface area contributed by atoms with Crippen molar-refractivity contribution in [3.8, 4) is 16.9 Å². The van der Waals surface area contributed by atoms with Crippen molar-refractivity contribution in [1.82, 2.24) is 9.78 Å². The predicted molar refractivity (Wildman–Crippen MR) is 99.7 cm³/mol. The normalized spacial score (nSPS) is 11.0. The molecule has 0 aliphatic heterocycles. The molecule has 0 saturated heterocycles. The number of nitrogens with zero attached hydrogens (tertiary/aromatic N) is 2. The number of carbonyl (C=O) groups is 1. The van der Waals surface area contributed by atoms with E-state index in [0.717, 1.165) is 22.5 Å². The minimum absolute atomic E-state index is 0.344. The van der Waals surface area contributed by atoms with Gasteiger partial charge in [0.05, 0.1) is 18.0 Å². The second kappa shape index (κ2) is 7.81. The average Bonchev–Trinajstić information content (AvgIpc) is 3.06. The smallest absolute Gasteiger partial charge is 0.330 e. The minimum atomic E-state index is -0.378. The van der Waals surface area contributed by atoms with Gasteiger partial charge in [-0.25, -0.2) is 9.48 Å². The molecular formula is C20H17ClN2O2. The lowest BCUT2D eigenvalue weighted by Crippen LogP contribution is -1.98. The molecule has 1 aromatic heterocycles. The van der Waals surface area contributed by atoms with E-state index < -0.39 is 0 Å². The molecule has 0 N–H and O–H groups in total. The zero-order valence-corrected chi connectivity index (χ0v) is 14.5. The summed E-state index contributed by atoms with van der Waals surface area (Å²) in [6, 6.07) is 17.2. The van der Waals surface area contributed by atoms with Gasteiger partial charge in [-0.05, 0) is 37.3 Å². The van der Waals surface area contributed by atoms with Crippen LogP contribution >= 0.6 is 11.6 Å². The van der Waals surface area contributed by atoms with Crippen molar-refractivity contribution in [1.29, 1.82) is 0 Å². The Morgan fingerprint density at radius 1 is 1.16 bits per heavy atom. The van der Waals surface area contributed by atoms with Crippen LogP contribution in [0.15, 0.2) is 66.9 Å². The monoisotopic (exact) mass is 352 g/mol. The number of esters is 1. The molecule has 0 amide bonds. The molecule has 0 saturated carbocycles. The molecule has 3 rings (SSSR count).